The molecule has 4 saturated carbocycles. The van der Waals surface area contributed by atoms with E-state index in [0.717, 1.165) is 57.8 Å². The van der Waals surface area contributed by atoms with Crippen LogP contribution in [0.15, 0.2) is 18.2 Å². The Hall–Kier alpha value is -1.41. The predicted molar refractivity (Wildman–Crippen MR) is 163 cm³/mol. The third-order valence-electron chi connectivity index (χ3n) is 13.2. The van der Waals surface area contributed by atoms with E-state index in [1.807, 2.05) is 4.90 Å². The van der Waals surface area contributed by atoms with Gasteiger partial charge in [-0.2, -0.15) is 0 Å². The van der Waals surface area contributed by atoms with Crippen LogP contribution >= 0.6 is 11.6 Å². The molecule has 1 heterocycles. The number of aliphatic hydroxyl groups is 3. The van der Waals surface area contributed by atoms with Gasteiger partial charge in [-0.05, 0) is 122 Å². The summed E-state index contributed by atoms with van der Waals surface area (Å²) in [6.45, 7) is 8.14. The maximum absolute atomic E-state index is 14.4. The summed E-state index contributed by atoms with van der Waals surface area (Å²) in [5, 5.41) is 37.2. The smallest absolute Gasteiger partial charge is 0.220 e. The van der Waals surface area contributed by atoms with E-state index in [1.54, 1.807) is 12.1 Å². The largest absolute Gasteiger partial charge is 0.393 e. The van der Waals surface area contributed by atoms with Crippen LogP contribution in [0, 0.1) is 52.2 Å². The molecule has 8 heteroatoms. The number of amides is 1. The molecule has 42 heavy (non-hydrogen) atoms. The van der Waals surface area contributed by atoms with Crippen LogP contribution in [0.25, 0.3) is 0 Å². The van der Waals surface area contributed by atoms with Gasteiger partial charge in [-0.3, -0.25) is 4.79 Å². The lowest BCUT2D eigenvalue weighted by Gasteiger charge is -2.63. The molecular formula is C34H50ClFN2O4. The zero-order valence-electron chi connectivity index (χ0n) is 25.4. The highest BCUT2D eigenvalue weighted by Gasteiger charge is 2.65. The Morgan fingerprint density at radius 3 is 2.67 bits per heavy atom. The number of halogens is 2. The highest BCUT2D eigenvalue weighted by molar-refractivity contribution is 6.30. The number of hydrogen-bond donors (Lipinski definition) is 4. The summed E-state index contributed by atoms with van der Waals surface area (Å²) >= 11 is 5.91. The van der Waals surface area contributed by atoms with Gasteiger partial charge >= 0.3 is 0 Å². The SMILES string of the molecule is C[C@H](CCC(=O)NC1CCN(c2ccc(Cl)cc2F)C1)[C@H]1CC[C@H]2[C@@H]3[C@H](O)C[C@@H]4C[C@H](O)CC[C@]4(C)[C@H]3C[C@H](O)[C@]12C. The highest BCUT2D eigenvalue weighted by atomic mass is 35.5. The highest BCUT2D eigenvalue weighted by Crippen LogP contribution is 2.68. The van der Waals surface area contributed by atoms with Gasteiger partial charge in [0.2, 0.25) is 5.91 Å². The minimum atomic E-state index is -0.417. The molecule has 1 aromatic rings. The van der Waals surface area contributed by atoms with E-state index in [9.17, 15) is 24.5 Å². The number of fused-ring (bicyclic) bond motifs is 5. The van der Waals surface area contributed by atoms with Crippen molar-refractivity contribution >= 4 is 23.2 Å². The van der Waals surface area contributed by atoms with Crippen LogP contribution in [0.1, 0.15) is 85.0 Å². The van der Waals surface area contributed by atoms with Crippen LogP contribution in [-0.4, -0.2) is 58.7 Å². The van der Waals surface area contributed by atoms with Crippen LogP contribution in [0.5, 0.6) is 0 Å². The molecule has 0 bridgehead atoms. The maximum atomic E-state index is 14.4. The van der Waals surface area contributed by atoms with Gasteiger partial charge in [-0.25, -0.2) is 4.39 Å². The van der Waals surface area contributed by atoms with E-state index < -0.39 is 6.10 Å². The molecule has 1 aliphatic heterocycles. The maximum Gasteiger partial charge on any atom is 0.220 e. The Morgan fingerprint density at radius 2 is 1.90 bits per heavy atom. The summed E-state index contributed by atoms with van der Waals surface area (Å²) in [7, 11) is 0. The Kier molecular flexibility index (Phi) is 8.38. The zero-order chi connectivity index (χ0) is 30.0. The summed E-state index contributed by atoms with van der Waals surface area (Å²) in [4.78, 5) is 15.0. The topological polar surface area (TPSA) is 93.0 Å². The number of nitrogens with zero attached hydrogens (tertiary/aromatic N) is 1. The standard InChI is InChI=1S/C34H50ClFN2O4/c1-19(4-9-31(42)37-22-11-13-38(18-22)28-8-5-21(35)16-27(28)36)24-6-7-25-32-26(17-30(41)34(24,25)3)33(2)12-10-23(39)14-20(33)15-29(32)40/h5,8,16,19-20,22-26,29-30,32,39-41H,4,6-7,9-15,17-18H2,1-3H3,(H,37,42)/t19-,20+,22?,23-,24-,25+,26+,29-,30+,32+,33+,34-/m1/s1. The average Bonchev–Trinajstić information content (AvgIpc) is 3.54. The number of nitrogens with one attached hydrogen (secondary N) is 1. The fraction of sp³-hybridized carbons (Fsp3) is 0.794. The van der Waals surface area contributed by atoms with Crippen LogP contribution in [-0.2, 0) is 4.79 Å². The summed E-state index contributed by atoms with van der Waals surface area (Å²) in [6.07, 6.45) is 7.05. The molecule has 1 amide bonds. The minimum absolute atomic E-state index is 0.00718. The van der Waals surface area contributed by atoms with Crippen molar-refractivity contribution in [3.8, 4) is 0 Å². The average molecular weight is 605 g/mol. The lowest BCUT2D eigenvalue weighted by Crippen LogP contribution is -2.62. The Morgan fingerprint density at radius 1 is 1.12 bits per heavy atom. The van der Waals surface area contributed by atoms with Gasteiger partial charge in [0.1, 0.15) is 5.82 Å². The second kappa shape index (κ2) is 11.5. The van der Waals surface area contributed by atoms with Gasteiger partial charge in [0.05, 0.1) is 24.0 Å². The van der Waals surface area contributed by atoms with Crippen LogP contribution < -0.4 is 10.2 Å². The summed E-state index contributed by atoms with van der Waals surface area (Å²) in [6, 6.07) is 4.71. The number of carbonyl (C=O) groups is 1. The number of carbonyl (C=O) groups excluding carboxylic acids is 1. The summed E-state index contributed by atoms with van der Waals surface area (Å²) in [5.74, 6) is 1.39. The van der Waals surface area contributed by atoms with E-state index in [-0.39, 0.29) is 58.6 Å². The van der Waals surface area contributed by atoms with Gasteiger partial charge in [0.15, 0.2) is 0 Å². The Labute approximate surface area is 255 Å². The van der Waals surface area contributed by atoms with E-state index >= 15 is 0 Å². The summed E-state index contributed by atoms with van der Waals surface area (Å²) in [5.41, 5.74) is 0.336. The molecule has 4 aliphatic carbocycles. The molecule has 4 N–H and O–H groups in total. The van der Waals surface area contributed by atoms with E-state index in [4.69, 9.17) is 11.6 Å². The third-order valence-corrected chi connectivity index (χ3v) is 13.4. The van der Waals surface area contributed by atoms with Crippen molar-refractivity contribution in [2.24, 2.45) is 46.3 Å². The molecule has 5 fully saturated rings. The molecule has 234 valence electrons. The first-order valence-electron chi connectivity index (χ1n) is 16.4. The van der Waals surface area contributed by atoms with E-state index in [2.05, 4.69) is 26.1 Å². The van der Waals surface area contributed by atoms with Gasteiger partial charge in [0.25, 0.3) is 0 Å². The van der Waals surface area contributed by atoms with Crippen molar-refractivity contribution in [1.82, 2.24) is 5.32 Å². The number of hydrogen-bond acceptors (Lipinski definition) is 5. The number of anilines is 1. The lowest BCUT2D eigenvalue weighted by molar-refractivity contribution is -0.207. The van der Waals surface area contributed by atoms with Gasteiger partial charge in [-0.15, -0.1) is 0 Å². The molecule has 1 unspecified atom stereocenters. The van der Waals surface area contributed by atoms with E-state index in [0.29, 0.717) is 48.0 Å². The van der Waals surface area contributed by atoms with Crippen molar-refractivity contribution in [1.29, 1.82) is 0 Å². The quantitative estimate of drug-likeness (QED) is 0.342. The third kappa shape index (κ3) is 5.18. The molecule has 6 rings (SSSR count). The van der Waals surface area contributed by atoms with Crippen molar-refractivity contribution < 1.29 is 24.5 Å². The van der Waals surface area contributed by atoms with Gasteiger partial charge < -0.3 is 25.5 Å². The van der Waals surface area contributed by atoms with Crippen molar-refractivity contribution in [2.75, 3.05) is 18.0 Å². The van der Waals surface area contributed by atoms with Crippen LogP contribution in [0.3, 0.4) is 0 Å². The van der Waals surface area contributed by atoms with Gasteiger partial charge in [-0.1, -0.05) is 32.4 Å². The van der Waals surface area contributed by atoms with Crippen molar-refractivity contribution in [3.63, 3.8) is 0 Å². The Bertz CT molecular complexity index is 1170. The van der Waals surface area contributed by atoms with E-state index in [1.165, 1.54) is 6.07 Å². The van der Waals surface area contributed by atoms with Crippen molar-refractivity contribution in [3.05, 3.63) is 29.0 Å². The second-order valence-corrected chi connectivity index (χ2v) is 15.6. The molecule has 0 radical (unpaired) electrons. The first kappa shape index (κ1) is 30.6. The fourth-order valence-corrected chi connectivity index (χ4v) is 11.0. The zero-order valence-corrected chi connectivity index (χ0v) is 26.2. The van der Waals surface area contributed by atoms with Crippen molar-refractivity contribution in [2.45, 2.75) is 109 Å². The molecule has 1 aromatic carbocycles. The number of rotatable bonds is 6. The fourth-order valence-electron chi connectivity index (χ4n) is 10.8. The number of benzene rings is 1. The molecule has 5 aliphatic rings. The lowest BCUT2D eigenvalue weighted by atomic mass is 9.43. The summed E-state index contributed by atoms with van der Waals surface area (Å²) < 4.78 is 14.4. The Balaban J connectivity index is 1.06. The molecular weight excluding hydrogens is 555 g/mol. The van der Waals surface area contributed by atoms with Crippen LogP contribution in [0.2, 0.25) is 5.02 Å². The normalized spacial score (nSPS) is 43.8. The molecule has 6 nitrogen and oxygen atoms in total. The number of aliphatic hydroxyl groups excluding tert-OH is 3. The predicted octanol–water partition coefficient (Wildman–Crippen LogP) is 5.55. The first-order chi connectivity index (χ1) is 19.9. The second-order valence-electron chi connectivity index (χ2n) is 15.1. The molecule has 0 aromatic heterocycles. The first-order valence-corrected chi connectivity index (χ1v) is 16.8. The minimum Gasteiger partial charge on any atom is -0.393 e. The molecule has 0 spiro atoms. The molecule has 1 saturated heterocycles. The van der Waals surface area contributed by atoms with Gasteiger partial charge in [0, 0.05) is 30.6 Å². The van der Waals surface area contributed by atoms with Crippen LogP contribution in [0.4, 0.5) is 10.1 Å². The monoisotopic (exact) mass is 604 g/mol. The molecule has 12 atom stereocenters.